The topological polar surface area (TPSA) is 32.8 Å². The van der Waals surface area contributed by atoms with Crippen molar-refractivity contribution >= 4 is 12.0 Å². The van der Waals surface area contributed by atoms with E-state index in [1.54, 1.807) is 7.11 Å². The first-order chi connectivity index (χ1) is 13.0. The van der Waals surface area contributed by atoms with Gasteiger partial charge < -0.3 is 4.74 Å². The smallest absolute Gasteiger partial charge is 0.243 e. The second-order valence-electron chi connectivity index (χ2n) is 8.34. The molecular formula is C23H24N2O2. The molecule has 2 heterocycles. The number of fused-ring (bicyclic) bond motifs is 5. The van der Waals surface area contributed by atoms with Crippen LogP contribution < -0.4 is 4.74 Å². The molecule has 2 aromatic rings. The molecule has 4 nitrogen and oxygen atoms in total. The fraction of sp³-hybridized carbons (Fsp3) is 0.348. The first-order valence-corrected chi connectivity index (χ1v) is 9.55. The molecule has 2 fully saturated rings. The summed E-state index contributed by atoms with van der Waals surface area (Å²) < 4.78 is 5.38. The average Bonchev–Trinajstić information content (AvgIpc) is 3.24. The van der Waals surface area contributed by atoms with E-state index < -0.39 is 0 Å². The van der Waals surface area contributed by atoms with Crippen LogP contribution in [0.3, 0.4) is 0 Å². The first kappa shape index (κ1) is 16.6. The Kier molecular flexibility index (Phi) is 3.50. The molecule has 1 amide bonds. The lowest BCUT2D eigenvalue weighted by molar-refractivity contribution is -0.134. The number of amides is 1. The molecular weight excluding hydrogens is 336 g/mol. The van der Waals surface area contributed by atoms with Crippen LogP contribution in [0.2, 0.25) is 0 Å². The predicted octanol–water partition coefficient (Wildman–Crippen LogP) is 4.19. The van der Waals surface area contributed by atoms with Crippen molar-refractivity contribution < 1.29 is 9.53 Å². The van der Waals surface area contributed by atoms with Crippen LogP contribution in [-0.4, -0.2) is 28.6 Å². The summed E-state index contributed by atoms with van der Waals surface area (Å²) >= 11 is 0. The number of carbonyl (C=O) groups excluding carboxylic acids is 1. The van der Waals surface area contributed by atoms with Crippen molar-refractivity contribution in [2.45, 2.75) is 38.3 Å². The van der Waals surface area contributed by atoms with Crippen molar-refractivity contribution in [1.82, 2.24) is 10.0 Å². The number of nitrogens with zero attached hydrogens (tertiary/aromatic N) is 2. The molecule has 27 heavy (non-hydrogen) atoms. The number of hydrazine groups is 1. The molecule has 0 bridgehead atoms. The van der Waals surface area contributed by atoms with Gasteiger partial charge in [0.15, 0.2) is 0 Å². The molecule has 2 unspecified atom stereocenters. The van der Waals surface area contributed by atoms with E-state index in [9.17, 15) is 4.79 Å². The molecule has 3 aliphatic rings. The number of methoxy groups -OCH3 is 1. The zero-order valence-corrected chi connectivity index (χ0v) is 16.0. The summed E-state index contributed by atoms with van der Waals surface area (Å²) in [4.78, 5) is 13.0. The normalized spacial score (nSPS) is 27.0. The van der Waals surface area contributed by atoms with E-state index in [0.29, 0.717) is 12.3 Å². The molecule has 0 radical (unpaired) electrons. The van der Waals surface area contributed by atoms with Gasteiger partial charge in [-0.2, -0.15) is 5.01 Å². The van der Waals surface area contributed by atoms with Crippen LogP contribution in [0.4, 0.5) is 0 Å². The van der Waals surface area contributed by atoms with Crippen LogP contribution in [-0.2, 0) is 11.2 Å². The third-order valence-corrected chi connectivity index (χ3v) is 6.15. The standard InChI is InChI=1S/C23H24N2O2/c1-23(2)14-21(26)24-20(12-15-7-6-9-17(11-15)27-3)19-13-16-8-4-5-10-18(16)22(19)25(23)24/h4-12,19,22H,13-14H2,1-3H3/b20-12+. The number of hydrogen-bond donors (Lipinski definition) is 0. The van der Waals surface area contributed by atoms with Crippen LogP contribution in [0.15, 0.2) is 54.2 Å². The van der Waals surface area contributed by atoms with Crippen molar-refractivity contribution in [1.29, 1.82) is 0 Å². The highest BCUT2D eigenvalue weighted by Crippen LogP contribution is 2.57. The Morgan fingerprint density at radius 1 is 1.15 bits per heavy atom. The summed E-state index contributed by atoms with van der Waals surface area (Å²) in [6, 6.07) is 17.0. The van der Waals surface area contributed by atoms with Crippen LogP contribution >= 0.6 is 0 Å². The van der Waals surface area contributed by atoms with Crippen LogP contribution in [0.25, 0.3) is 6.08 Å². The Hall–Kier alpha value is -2.59. The van der Waals surface area contributed by atoms with Gasteiger partial charge >= 0.3 is 0 Å². The molecule has 138 valence electrons. The van der Waals surface area contributed by atoms with Gasteiger partial charge in [-0.3, -0.25) is 4.79 Å². The van der Waals surface area contributed by atoms with Crippen LogP contribution in [0, 0.1) is 5.92 Å². The number of carbonyl (C=O) groups is 1. The van der Waals surface area contributed by atoms with E-state index in [0.717, 1.165) is 23.4 Å². The van der Waals surface area contributed by atoms with E-state index >= 15 is 0 Å². The third kappa shape index (κ3) is 2.36. The zero-order valence-electron chi connectivity index (χ0n) is 16.0. The lowest BCUT2D eigenvalue weighted by Crippen LogP contribution is -2.43. The Balaban J connectivity index is 1.66. The minimum atomic E-state index is -0.179. The molecule has 2 aliphatic heterocycles. The van der Waals surface area contributed by atoms with Gasteiger partial charge in [0.2, 0.25) is 5.91 Å². The number of rotatable bonds is 2. The minimum absolute atomic E-state index is 0.179. The van der Waals surface area contributed by atoms with E-state index in [-0.39, 0.29) is 17.5 Å². The Morgan fingerprint density at radius 2 is 1.96 bits per heavy atom. The molecule has 0 N–H and O–H groups in total. The van der Waals surface area contributed by atoms with Gasteiger partial charge in [-0.1, -0.05) is 36.4 Å². The Labute approximate surface area is 160 Å². The zero-order chi connectivity index (χ0) is 18.8. The molecule has 5 rings (SSSR count). The van der Waals surface area contributed by atoms with Gasteiger partial charge in [0, 0.05) is 23.6 Å². The Bertz CT molecular complexity index is 962. The highest BCUT2D eigenvalue weighted by Gasteiger charge is 2.59. The van der Waals surface area contributed by atoms with Crippen LogP contribution in [0.5, 0.6) is 5.75 Å². The molecule has 0 spiro atoms. The molecule has 0 saturated carbocycles. The van der Waals surface area contributed by atoms with Gasteiger partial charge in [0.05, 0.1) is 13.2 Å². The fourth-order valence-electron chi connectivity index (χ4n) is 5.06. The second-order valence-corrected chi connectivity index (χ2v) is 8.34. The minimum Gasteiger partial charge on any atom is -0.497 e. The average molecular weight is 360 g/mol. The summed E-state index contributed by atoms with van der Waals surface area (Å²) in [6.07, 6.45) is 3.70. The maximum Gasteiger partial charge on any atom is 0.243 e. The molecule has 2 saturated heterocycles. The molecule has 1 aliphatic carbocycles. The number of ether oxygens (including phenoxy) is 1. The van der Waals surface area contributed by atoms with E-state index in [4.69, 9.17) is 4.74 Å². The molecule has 4 heteroatoms. The third-order valence-electron chi connectivity index (χ3n) is 6.15. The van der Waals surface area contributed by atoms with Gasteiger partial charge in [0.25, 0.3) is 0 Å². The van der Waals surface area contributed by atoms with Crippen molar-refractivity contribution in [2.75, 3.05) is 7.11 Å². The fourth-order valence-corrected chi connectivity index (χ4v) is 5.06. The highest BCUT2D eigenvalue weighted by molar-refractivity contribution is 5.83. The van der Waals surface area contributed by atoms with Crippen molar-refractivity contribution in [2.24, 2.45) is 5.92 Å². The van der Waals surface area contributed by atoms with Gasteiger partial charge in [-0.15, -0.1) is 0 Å². The summed E-state index contributed by atoms with van der Waals surface area (Å²) in [6.45, 7) is 4.36. The SMILES string of the molecule is COc1cccc(/C=C2\C3Cc4ccccc4C3N3N2C(=O)CC3(C)C)c1. The maximum absolute atomic E-state index is 13.0. The number of hydrogen-bond acceptors (Lipinski definition) is 3. The maximum atomic E-state index is 13.0. The lowest BCUT2D eigenvalue weighted by atomic mass is 9.92. The van der Waals surface area contributed by atoms with Gasteiger partial charge in [-0.25, -0.2) is 5.01 Å². The summed E-state index contributed by atoms with van der Waals surface area (Å²) in [5.74, 6) is 1.33. The van der Waals surface area contributed by atoms with Crippen molar-refractivity contribution in [3.63, 3.8) is 0 Å². The van der Waals surface area contributed by atoms with Gasteiger partial charge in [-0.05, 0) is 55.2 Å². The van der Waals surface area contributed by atoms with E-state index in [1.807, 2.05) is 23.2 Å². The molecule has 2 atom stereocenters. The van der Waals surface area contributed by atoms with Gasteiger partial charge in [0.1, 0.15) is 5.75 Å². The van der Waals surface area contributed by atoms with Crippen molar-refractivity contribution in [3.05, 3.63) is 70.9 Å². The van der Waals surface area contributed by atoms with Crippen LogP contribution in [0.1, 0.15) is 43.0 Å². The van der Waals surface area contributed by atoms with E-state index in [2.05, 4.69) is 55.3 Å². The number of benzene rings is 2. The Morgan fingerprint density at radius 3 is 2.78 bits per heavy atom. The molecule has 2 aromatic carbocycles. The largest absolute Gasteiger partial charge is 0.497 e. The monoisotopic (exact) mass is 360 g/mol. The summed E-state index contributed by atoms with van der Waals surface area (Å²) in [7, 11) is 1.68. The summed E-state index contributed by atoms with van der Waals surface area (Å²) in [5.41, 5.74) is 4.77. The summed E-state index contributed by atoms with van der Waals surface area (Å²) in [5, 5.41) is 4.29. The second kappa shape index (κ2) is 5.70. The lowest BCUT2D eigenvalue weighted by Gasteiger charge is -2.35. The quantitative estimate of drug-likeness (QED) is 0.805. The predicted molar refractivity (Wildman–Crippen MR) is 105 cm³/mol. The van der Waals surface area contributed by atoms with E-state index in [1.165, 1.54) is 11.1 Å². The highest BCUT2D eigenvalue weighted by atomic mass is 16.5. The molecule has 0 aromatic heterocycles. The van der Waals surface area contributed by atoms with Crippen molar-refractivity contribution in [3.8, 4) is 5.75 Å². The first-order valence-electron chi connectivity index (χ1n) is 9.55.